The third kappa shape index (κ3) is 5.02. The summed E-state index contributed by atoms with van der Waals surface area (Å²) in [6.07, 6.45) is 0. The van der Waals surface area contributed by atoms with E-state index in [0.29, 0.717) is 22.9 Å². The number of methoxy groups -OCH3 is 2. The number of carbonyl (C=O) groups excluding carboxylic acids is 2. The standard InChI is InChI=1S/C21H20N4O5/c1-29-15-8-10-18(30-2)17(12-15)23-19(26)13-25-20(27)11-9-16(24-25)21(28)22-14-6-4-3-5-7-14/h3-12H,13H2,1-2H3,(H,22,28)(H,23,26). The van der Waals surface area contributed by atoms with Crippen molar-refractivity contribution >= 4 is 23.2 Å². The van der Waals surface area contributed by atoms with E-state index in [-0.39, 0.29) is 12.2 Å². The first-order valence-electron chi connectivity index (χ1n) is 8.96. The number of anilines is 2. The highest BCUT2D eigenvalue weighted by atomic mass is 16.5. The van der Waals surface area contributed by atoms with Crippen LogP contribution in [0.25, 0.3) is 0 Å². The molecule has 0 saturated heterocycles. The average molecular weight is 408 g/mol. The second-order valence-electron chi connectivity index (χ2n) is 6.15. The van der Waals surface area contributed by atoms with Gasteiger partial charge in [0.25, 0.3) is 11.5 Å². The lowest BCUT2D eigenvalue weighted by Crippen LogP contribution is -2.31. The van der Waals surface area contributed by atoms with Gasteiger partial charge >= 0.3 is 0 Å². The first-order chi connectivity index (χ1) is 14.5. The van der Waals surface area contributed by atoms with Crippen LogP contribution >= 0.6 is 0 Å². The minimum absolute atomic E-state index is 0.00483. The van der Waals surface area contributed by atoms with Gasteiger partial charge in [0.1, 0.15) is 23.7 Å². The Labute approximate surface area is 172 Å². The molecule has 1 heterocycles. The Balaban J connectivity index is 1.75. The number of amides is 2. The predicted molar refractivity (Wildman–Crippen MR) is 111 cm³/mol. The fourth-order valence-electron chi connectivity index (χ4n) is 2.64. The number of benzene rings is 2. The van der Waals surface area contributed by atoms with Gasteiger partial charge < -0.3 is 20.1 Å². The van der Waals surface area contributed by atoms with E-state index < -0.39 is 17.4 Å². The van der Waals surface area contributed by atoms with Crippen LogP contribution in [0.1, 0.15) is 10.5 Å². The highest BCUT2D eigenvalue weighted by Crippen LogP contribution is 2.28. The number of hydrogen-bond donors (Lipinski definition) is 2. The van der Waals surface area contributed by atoms with Crippen LogP contribution in [-0.2, 0) is 11.3 Å². The third-order valence-electron chi connectivity index (χ3n) is 4.11. The van der Waals surface area contributed by atoms with Crippen molar-refractivity contribution in [1.29, 1.82) is 0 Å². The van der Waals surface area contributed by atoms with Crippen LogP contribution in [0.4, 0.5) is 11.4 Å². The van der Waals surface area contributed by atoms with Gasteiger partial charge in [-0.05, 0) is 30.3 Å². The molecule has 0 radical (unpaired) electrons. The number of nitrogens with zero attached hydrogens (tertiary/aromatic N) is 2. The highest BCUT2D eigenvalue weighted by molar-refractivity contribution is 6.02. The zero-order valence-electron chi connectivity index (χ0n) is 16.4. The zero-order valence-corrected chi connectivity index (χ0v) is 16.4. The first kappa shape index (κ1) is 20.6. The summed E-state index contributed by atoms with van der Waals surface area (Å²) in [6.45, 7) is -0.383. The van der Waals surface area contributed by atoms with E-state index in [1.54, 1.807) is 42.5 Å². The number of para-hydroxylation sites is 1. The van der Waals surface area contributed by atoms with Gasteiger partial charge in [-0.3, -0.25) is 14.4 Å². The number of nitrogens with one attached hydrogen (secondary N) is 2. The van der Waals surface area contributed by atoms with Crippen molar-refractivity contribution in [3.05, 3.63) is 76.7 Å². The second-order valence-corrected chi connectivity index (χ2v) is 6.15. The molecule has 0 aliphatic carbocycles. The van der Waals surface area contributed by atoms with E-state index in [1.165, 1.54) is 26.4 Å². The monoisotopic (exact) mass is 408 g/mol. The number of carbonyl (C=O) groups is 2. The lowest BCUT2D eigenvalue weighted by atomic mass is 10.2. The van der Waals surface area contributed by atoms with Crippen LogP contribution in [0, 0.1) is 0 Å². The summed E-state index contributed by atoms with van der Waals surface area (Å²) in [7, 11) is 2.97. The maximum Gasteiger partial charge on any atom is 0.276 e. The minimum atomic E-state index is -0.517. The minimum Gasteiger partial charge on any atom is -0.497 e. The van der Waals surface area contributed by atoms with Crippen molar-refractivity contribution in [2.24, 2.45) is 0 Å². The zero-order chi connectivity index (χ0) is 21.5. The molecule has 9 heteroatoms. The normalized spacial score (nSPS) is 10.2. The van der Waals surface area contributed by atoms with Gasteiger partial charge in [-0.1, -0.05) is 18.2 Å². The fourth-order valence-corrected chi connectivity index (χ4v) is 2.64. The molecule has 0 saturated carbocycles. The van der Waals surface area contributed by atoms with Crippen LogP contribution in [-0.4, -0.2) is 35.8 Å². The summed E-state index contributed by atoms with van der Waals surface area (Å²) in [5.74, 6) is -0.0528. The molecule has 30 heavy (non-hydrogen) atoms. The summed E-state index contributed by atoms with van der Waals surface area (Å²) in [4.78, 5) is 37.0. The van der Waals surface area contributed by atoms with Crippen LogP contribution in [0.2, 0.25) is 0 Å². The molecule has 154 valence electrons. The maximum atomic E-state index is 12.5. The Morgan fingerprint density at radius 3 is 2.43 bits per heavy atom. The molecule has 0 spiro atoms. The first-order valence-corrected chi connectivity index (χ1v) is 8.96. The number of ether oxygens (including phenoxy) is 2. The molecule has 1 aromatic heterocycles. The van der Waals surface area contributed by atoms with Crippen molar-refractivity contribution in [3.8, 4) is 11.5 Å². The summed E-state index contributed by atoms with van der Waals surface area (Å²) in [6, 6.07) is 16.3. The van der Waals surface area contributed by atoms with Crippen LogP contribution in [0.5, 0.6) is 11.5 Å². The van der Waals surface area contributed by atoms with Gasteiger partial charge in [0.15, 0.2) is 0 Å². The van der Waals surface area contributed by atoms with Crippen LogP contribution < -0.4 is 25.7 Å². The predicted octanol–water partition coefficient (Wildman–Crippen LogP) is 2.15. The maximum absolute atomic E-state index is 12.5. The largest absolute Gasteiger partial charge is 0.497 e. The van der Waals surface area contributed by atoms with E-state index in [1.807, 2.05) is 6.07 Å². The SMILES string of the molecule is COc1ccc(OC)c(NC(=O)Cn2nc(C(=O)Nc3ccccc3)ccc2=O)c1. The molecule has 3 rings (SSSR count). The lowest BCUT2D eigenvalue weighted by Gasteiger charge is -2.12. The molecule has 3 aromatic rings. The van der Waals surface area contributed by atoms with Gasteiger partial charge in [0, 0.05) is 17.8 Å². The van der Waals surface area contributed by atoms with Gasteiger partial charge in [-0.2, -0.15) is 5.10 Å². The molecule has 0 atom stereocenters. The van der Waals surface area contributed by atoms with E-state index in [4.69, 9.17) is 9.47 Å². The van der Waals surface area contributed by atoms with E-state index in [2.05, 4.69) is 15.7 Å². The van der Waals surface area contributed by atoms with E-state index in [0.717, 1.165) is 4.68 Å². The Morgan fingerprint density at radius 2 is 1.73 bits per heavy atom. The second kappa shape index (κ2) is 9.37. The Morgan fingerprint density at radius 1 is 0.967 bits per heavy atom. The summed E-state index contributed by atoms with van der Waals surface area (Å²) < 4.78 is 11.3. The van der Waals surface area contributed by atoms with Crippen molar-refractivity contribution in [2.45, 2.75) is 6.54 Å². The molecule has 9 nitrogen and oxygen atoms in total. The topological polar surface area (TPSA) is 112 Å². The Kier molecular flexibility index (Phi) is 6.43. The fraction of sp³-hybridized carbons (Fsp3) is 0.143. The molecule has 2 aromatic carbocycles. The van der Waals surface area contributed by atoms with Crippen molar-refractivity contribution < 1.29 is 19.1 Å². The number of aromatic nitrogens is 2. The van der Waals surface area contributed by atoms with Crippen molar-refractivity contribution in [1.82, 2.24) is 9.78 Å². The molecular weight excluding hydrogens is 388 g/mol. The Bertz CT molecular complexity index is 1110. The Hall–Kier alpha value is -4.14. The molecule has 0 aliphatic heterocycles. The molecule has 0 aliphatic rings. The summed E-state index contributed by atoms with van der Waals surface area (Å²) in [5.41, 5.74) is 0.460. The van der Waals surface area contributed by atoms with Gasteiger partial charge in [-0.15, -0.1) is 0 Å². The number of hydrogen-bond acceptors (Lipinski definition) is 6. The smallest absolute Gasteiger partial charge is 0.276 e. The van der Waals surface area contributed by atoms with E-state index >= 15 is 0 Å². The highest BCUT2D eigenvalue weighted by Gasteiger charge is 2.14. The van der Waals surface area contributed by atoms with Gasteiger partial charge in [-0.25, -0.2) is 4.68 Å². The third-order valence-corrected chi connectivity index (χ3v) is 4.11. The summed E-state index contributed by atoms with van der Waals surface area (Å²) >= 11 is 0. The van der Waals surface area contributed by atoms with Gasteiger partial charge in [0.05, 0.1) is 19.9 Å². The molecule has 0 bridgehead atoms. The molecule has 2 N–H and O–H groups in total. The number of rotatable bonds is 7. The molecule has 0 fully saturated rings. The molecular formula is C21H20N4O5. The summed E-state index contributed by atoms with van der Waals surface area (Å²) in [5, 5.41) is 9.34. The van der Waals surface area contributed by atoms with E-state index in [9.17, 15) is 14.4 Å². The van der Waals surface area contributed by atoms with Crippen LogP contribution in [0.15, 0.2) is 65.5 Å². The molecule has 2 amide bonds. The van der Waals surface area contributed by atoms with Crippen LogP contribution in [0.3, 0.4) is 0 Å². The van der Waals surface area contributed by atoms with Gasteiger partial charge in [0.2, 0.25) is 5.91 Å². The van der Waals surface area contributed by atoms with Crippen molar-refractivity contribution in [2.75, 3.05) is 24.9 Å². The quantitative estimate of drug-likeness (QED) is 0.620. The van der Waals surface area contributed by atoms with Crippen molar-refractivity contribution in [3.63, 3.8) is 0 Å². The average Bonchev–Trinajstić information content (AvgIpc) is 2.75. The lowest BCUT2D eigenvalue weighted by molar-refractivity contribution is -0.117. The molecule has 0 unspecified atom stereocenters.